The van der Waals surface area contributed by atoms with Crippen LogP contribution < -0.4 is 15.5 Å². The summed E-state index contributed by atoms with van der Waals surface area (Å²) in [4.78, 5) is 50.0. The maximum absolute atomic E-state index is 12.8. The highest BCUT2D eigenvalue weighted by atomic mass is 16.5. The molecular weight excluding hydrogens is 562 g/mol. The Morgan fingerprint density at radius 2 is 1.70 bits per heavy atom. The van der Waals surface area contributed by atoms with E-state index in [0.717, 1.165) is 23.4 Å². The number of aromatic nitrogens is 5. The van der Waals surface area contributed by atoms with Gasteiger partial charge in [-0.1, -0.05) is 13.0 Å². The number of aryl methyl sites for hydroxylation is 1. The second kappa shape index (κ2) is 13.8. The molecule has 4 heterocycles. The maximum atomic E-state index is 12.8. The zero-order chi connectivity index (χ0) is 31.1. The molecule has 1 fully saturated rings. The zero-order valence-corrected chi connectivity index (χ0v) is 24.9. The quantitative estimate of drug-likeness (QED) is 0.215. The van der Waals surface area contributed by atoms with Crippen molar-refractivity contribution in [2.24, 2.45) is 0 Å². The fourth-order valence-corrected chi connectivity index (χ4v) is 4.73. The molecule has 228 valence electrons. The molecule has 1 atom stereocenters. The number of hydrogen-bond donors (Lipinski definition) is 3. The summed E-state index contributed by atoms with van der Waals surface area (Å²) in [7, 11) is 0. The van der Waals surface area contributed by atoms with Gasteiger partial charge in [0.05, 0.1) is 12.5 Å². The highest BCUT2D eigenvalue weighted by molar-refractivity contribution is 5.77. The Kier molecular flexibility index (Phi) is 9.43. The molecule has 13 nitrogen and oxygen atoms in total. The van der Waals surface area contributed by atoms with E-state index in [9.17, 15) is 14.7 Å². The molecule has 13 heteroatoms. The van der Waals surface area contributed by atoms with Gasteiger partial charge in [-0.3, -0.25) is 4.79 Å². The highest BCUT2D eigenvalue weighted by Gasteiger charge is 2.23. The van der Waals surface area contributed by atoms with Gasteiger partial charge in [-0.15, -0.1) is 0 Å². The van der Waals surface area contributed by atoms with Crippen molar-refractivity contribution in [3.63, 3.8) is 0 Å². The predicted octanol–water partition coefficient (Wildman–Crippen LogP) is 4.81. The molecule has 3 aromatic heterocycles. The van der Waals surface area contributed by atoms with Crippen LogP contribution >= 0.6 is 0 Å². The lowest BCUT2D eigenvalue weighted by Gasteiger charge is -2.35. The van der Waals surface area contributed by atoms with E-state index in [-0.39, 0.29) is 18.5 Å². The third-order valence-electron chi connectivity index (χ3n) is 7.15. The van der Waals surface area contributed by atoms with Crippen LogP contribution in [0.1, 0.15) is 31.5 Å². The number of anilines is 5. The molecule has 1 unspecified atom stereocenters. The van der Waals surface area contributed by atoms with E-state index in [1.807, 2.05) is 57.2 Å². The largest absolute Gasteiger partial charge is 0.465 e. The van der Waals surface area contributed by atoms with E-state index in [1.165, 1.54) is 4.90 Å². The summed E-state index contributed by atoms with van der Waals surface area (Å²) in [5, 5.41) is 15.8. The van der Waals surface area contributed by atoms with Crippen molar-refractivity contribution >= 4 is 41.0 Å². The molecule has 4 aromatic rings. The van der Waals surface area contributed by atoms with Gasteiger partial charge in [-0.25, -0.2) is 24.7 Å². The number of carbonyl (C=O) groups excluding carboxylic acids is 1. The van der Waals surface area contributed by atoms with Crippen molar-refractivity contribution in [2.45, 2.75) is 39.7 Å². The summed E-state index contributed by atoms with van der Waals surface area (Å²) < 4.78 is 5.56. The van der Waals surface area contributed by atoms with Crippen molar-refractivity contribution in [2.75, 3.05) is 41.7 Å². The summed E-state index contributed by atoms with van der Waals surface area (Å²) >= 11 is 0. The Morgan fingerprint density at radius 1 is 0.955 bits per heavy atom. The van der Waals surface area contributed by atoms with Gasteiger partial charge in [0.15, 0.2) is 5.82 Å². The van der Waals surface area contributed by atoms with Crippen LogP contribution in [0.2, 0.25) is 0 Å². The Hall–Kier alpha value is -5.33. The summed E-state index contributed by atoms with van der Waals surface area (Å²) in [6, 6.07) is 14.9. The minimum absolute atomic E-state index is 0.0721. The molecule has 1 aromatic carbocycles. The number of piperazine rings is 1. The number of rotatable bonds is 10. The van der Waals surface area contributed by atoms with Gasteiger partial charge >= 0.3 is 12.1 Å². The van der Waals surface area contributed by atoms with Crippen molar-refractivity contribution in [1.29, 1.82) is 0 Å². The van der Waals surface area contributed by atoms with Gasteiger partial charge in [-0.05, 0) is 68.3 Å². The number of carboxylic acid groups (broad SMARTS) is 1. The number of amides is 1. The van der Waals surface area contributed by atoms with Gasteiger partial charge in [-0.2, -0.15) is 4.98 Å². The highest BCUT2D eigenvalue weighted by Crippen LogP contribution is 2.28. The van der Waals surface area contributed by atoms with Crippen LogP contribution in [0.15, 0.2) is 60.9 Å². The van der Waals surface area contributed by atoms with Crippen LogP contribution in [0.5, 0.6) is 0 Å². The summed E-state index contributed by atoms with van der Waals surface area (Å²) in [6.07, 6.45) is 2.96. The Balaban J connectivity index is 1.33. The smallest absolute Gasteiger partial charge is 0.407 e. The van der Waals surface area contributed by atoms with Crippen LogP contribution in [0, 0.1) is 6.92 Å². The number of pyridine rings is 1. The molecular formula is C31H35N9O4. The Morgan fingerprint density at radius 3 is 2.43 bits per heavy atom. The molecule has 1 saturated heterocycles. The third-order valence-corrected chi connectivity index (χ3v) is 7.15. The van der Waals surface area contributed by atoms with Crippen LogP contribution in [0.25, 0.3) is 11.5 Å². The van der Waals surface area contributed by atoms with Crippen molar-refractivity contribution < 1.29 is 19.4 Å². The number of nitrogens with one attached hydrogen (secondary N) is 2. The van der Waals surface area contributed by atoms with Crippen LogP contribution in [0.3, 0.4) is 0 Å². The third kappa shape index (κ3) is 7.73. The van der Waals surface area contributed by atoms with E-state index >= 15 is 0 Å². The molecule has 0 saturated carbocycles. The standard InChI is InChI=1S/C31H35N9O4/c1-4-21(3)44-28(41)19-22-18-23(8-9-25(22)39-14-16-40(17-15-39)31(42)43)35-30-33-13-11-27(38-30)36-26-10-12-32-29(37-26)24-7-5-6-20(2)34-24/h5-13,18,21H,4,14-17,19H2,1-3H3,(H,42,43)(H2,32,33,35,36,37,38). The molecule has 0 spiro atoms. The van der Waals surface area contributed by atoms with E-state index in [0.29, 0.717) is 61.0 Å². The predicted molar refractivity (Wildman–Crippen MR) is 166 cm³/mol. The SMILES string of the molecule is CCC(C)OC(=O)Cc1cc(Nc2nccc(Nc3ccnc(-c4cccc(C)n4)n3)n2)ccc1N1CCN(C(=O)O)CC1. The van der Waals surface area contributed by atoms with Gasteiger partial charge in [0.2, 0.25) is 5.95 Å². The van der Waals surface area contributed by atoms with Crippen molar-refractivity contribution in [3.8, 4) is 11.5 Å². The molecule has 0 bridgehead atoms. The number of ether oxygens (including phenoxy) is 1. The maximum Gasteiger partial charge on any atom is 0.407 e. The van der Waals surface area contributed by atoms with E-state index in [1.54, 1.807) is 24.5 Å². The van der Waals surface area contributed by atoms with Crippen molar-refractivity contribution in [3.05, 3.63) is 72.2 Å². The first kappa shape index (κ1) is 30.1. The van der Waals surface area contributed by atoms with Crippen LogP contribution in [-0.4, -0.2) is 79.3 Å². The summed E-state index contributed by atoms with van der Waals surface area (Å²) in [5.74, 6) is 1.59. The number of carbonyl (C=O) groups is 2. The summed E-state index contributed by atoms with van der Waals surface area (Å²) in [5.41, 5.74) is 3.87. The molecule has 3 N–H and O–H groups in total. The van der Waals surface area contributed by atoms with Gasteiger partial charge in [0.25, 0.3) is 0 Å². The van der Waals surface area contributed by atoms with Gasteiger partial charge in [0.1, 0.15) is 17.3 Å². The number of hydrogen-bond acceptors (Lipinski definition) is 11. The van der Waals surface area contributed by atoms with E-state index < -0.39 is 6.09 Å². The Labute approximate surface area is 255 Å². The minimum atomic E-state index is -0.929. The molecule has 0 aliphatic carbocycles. The number of esters is 1. The second-order valence-electron chi connectivity index (χ2n) is 10.4. The lowest BCUT2D eigenvalue weighted by molar-refractivity contribution is -0.147. The minimum Gasteiger partial charge on any atom is -0.465 e. The summed E-state index contributed by atoms with van der Waals surface area (Å²) in [6.45, 7) is 7.55. The first-order valence-corrected chi connectivity index (χ1v) is 14.5. The lowest BCUT2D eigenvalue weighted by atomic mass is 10.1. The molecule has 0 radical (unpaired) electrons. The monoisotopic (exact) mass is 597 g/mol. The van der Waals surface area contributed by atoms with Crippen LogP contribution in [0.4, 0.5) is 33.8 Å². The topological polar surface area (TPSA) is 159 Å². The van der Waals surface area contributed by atoms with Crippen molar-refractivity contribution in [1.82, 2.24) is 29.8 Å². The normalized spacial score (nSPS) is 13.7. The van der Waals surface area contributed by atoms with Crippen LogP contribution in [-0.2, 0) is 16.0 Å². The van der Waals surface area contributed by atoms with E-state index in [2.05, 4.69) is 40.5 Å². The number of nitrogens with zero attached hydrogens (tertiary/aromatic N) is 7. The van der Waals surface area contributed by atoms with Gasteiger partial charge < -0.3 is 30.3 Å². The second-order valence-corrected chi connectivity index (χ2v) is 10.4. The molecule has 1 amide bonds. The lowest BCUT2D eigenvalue weighted by Crippen LogP contribution is -2.48. The fraction of sp³-hybridized carbons (Fsp3) is 0.323. The Bertz CT molecular complexity index is 1630. The average Bonchev–Trinajstić information content (AvgIpc) is 3.01. The average molecular weight is 598 g/mol. The fourth-order valence-electron chi connectivity index (χ4n) is 4.73. The molecule has 5 rings (SSSR count). The number of benzene rings is 1. The molecule has 44 heavy (non-hydrogen) atoms. The molecule has 1 aliphatic rings. The molecule has 1 aliphatic heterocycles. The van der Waals surface area contributed by atoms with E-state index in [4.69, 9.17) is 4.74 Å². The first-order chi connectivity index (χ1) is 21.3. The first-order valence-electron chi connectivity index (χ1n) is 14.5. The van der Waals surface area contributed by atoms with Gasteiger partial charge in [0, 0.05) is 55.6 Å². The zero-order valence-electron chi connectivity index (χ0n) is 24.9.